The van der Waals surface area contributed by atoms with Crippen molar-refractivity contribution < 1.29 is 4.79 Å². The molecule has 0 atom stereocenters. The number of anilines is 2. The van der Waals surface area contributed by atoms with E-state index in [-0.39, 0.29) is 11.5 Å². The molecule has 5 rings (SSSR count). The van der Waals surface area contributed by atoms with Gasteiger partial charge in [0.05, 0.1) is 22.9 Å². The van der Waals surface area contributed by atoms with E-state index in [1.807, 2.05) is 37.4 Å². The van der Waals surface area contributed by atoms with Gasteiger partial charge >= 0.3 is 0 Å². The molecule has 0 aromatic carbocycles. The first-order valence-corrected chi connectivity index (χ1v) is 12.0. The van der Waals surface area contributed by atoms with E-state index in [1.54, 1.807) is 30.6 Å². The molecule has 36 heavy (non-hydrogen) atoms. The molecule has 1 aliphatic heterocycles. The van der Waals surface area contributed by atoms with Gasteiger partial charge in [0, 0.05) is 50.7 Å². The number of piperazine rings is 1. The number of rotatable bonds is 7. The van der Waals surface area contributed by atoms with Gasteiger partial charge in [0.15, 0.2) is 0 Å². The van der Waals surface area contributed by atoms with Crippen LogP contribution in [-0.4, -0.2) is 56.9 Å². The maximum atomic E-state index is 12.3. The number of amides is 1. The number of hydrogen-bond acceptors (Lipinski definition) is 8. The Morgan fingerprint density at radius 2 is 1.89 bits per heavy atom. The average Bonchev–Trinajstić information content (AvgIpc) is 2.92. The maximum Gasteiger partial charge on any atom is 0.288 e. The van der Waals surface area contributed by atoms with Gasteiger partial charge in [-0.05, 0) is 48.4 Å². The molecule has 1 aliphatic rings. The molecular formula is C26H28N8O2. The smallest absolute Gasteiger partial charge is 0.288 e. The topological polar surface area (TPSA) is 119 Å². The van der Waals surface area contributed by atoms with Crippen molar-refractivity contribution in [1.29, 1.82) is 0 Å². The Balaban J connectivity index is 1.14. The van der Waals surface area contributed by atoms with E-state index in [1.165, 1.54) is 0 Å². The molecule has 1 amide bonds. The number of hydrogen-bond donors (Lipinski definition) is 3. The summed E-state index contributed by atoms with van der Waals surface area (Å²) in [4.78, 5) is 45.1. The van der Waals surface area contributed by atoms with Crippen LogP contribution in [0.4, 0.5) is 11.5 Å². The Kier molecular flexibility index (Phi) is 6.85. The first-order valence-electron chi connectivity index (χ1n) is 12.0. The molecule has 0 unspecified atom stereocenters. The zero-order valence-electron chi connectivity index (χ0n) is 20.1. The lowest BCUT2D eigenvalue weighted by Crippen LogP contribution is -2.46. The monoisotopic (exact) mass is 484 g/mol. The number of aryl methyl sites for hydroxylation is 1. The highest BCUT2D eigenvalue weighted by atomic mass is 16.2. The fourth-order valence-electron chi connectivity index (χ4n) is 4.27. The van der Waals surface area contributed by atoms with Crippen LogP contribution < -0.4 is 21.3 Å². The van der Waals surface area contributed by atoms with Crippen LogP contribution >= 0.6 is 0 Å². The first kappa shape index (κ1) is 23.4. The highest BCUT2D eigenvalue weighted by molar-refractivity contribution is 5.93. The van der Waals surface area contributed by atoms with Gasteiger partial charge in [0.2, 0.25) is 0 Å². The molecule has 0 spiro atoms. The maximum absolute atomic E-state index is 12.3. The van der Waals surface area contributed by atoms with Gasteiger partial charge in [-0.25, -0.2) is 9.97 Å². The lowest BCUT2D eigenvalue weighted by Gasteiger charge is -2.36. The summed E-state index contributed by atoms with van der Waals surface area (Å²) < 4.78 is 0. The van der Waals surface area contributed by atoms with Gasteiger partial charge in [0.25, 0.3) is 11.5 Å². The molecule has 0 saturated carbocycles. The summed E-state index contributed by atoms with van der Waals surface area (Å²) >= 11 is 0. The number of nitrogens with one attached hydrogen (secondary N) is 3. The molecule has 4 aromatic rings. The molecule has 0 bridgehead atoms. The van der Waals surface area contributed by atoms with E-state index in [9.17, 15) is 9.59 Å². The Morgan fingerprint density at radius 1 is 1.03 bits per heavy atom. The van der Waals surface area contributed by atoms with Gasteiger partial charge in [-0.15, -0.1) is 0 Å². The van der Waals surface area contributed by atoms with Crippen molar-refractivity contribution in [3.63, 3.8) is 0 Å². The molecular weight excluding hydrogens is 456 g/mol. The third-order valence-corrected chi connectivity index (χ3v) is 6.30. The van der Waals surface area contributed by atoms with Crippen LogP contribution in [0.25, 0.3) is 11.0 Å². The van der Waals surface area contributed by atoms with E-state index in [2.05, 4.69) is 40.6 Å². The van der Waals surface area contributed by atoms with E-state index < -0.39 is 0 Å². The van der Waals surface area contributed by atoms with Crippen molar-refractivity contribution in [1.82, 2.24) is 30.3 Å². The number of carbonyl (C=O) groups is 1. The lowest BCUT2D eigenvalue weighted by molar-refractivity contribution is 0.0957. The molecule has 10 heteroatoms. The zero-order valence-corrected chi connectivity index (χ0v) is 20.1. The number of nitrogens with zero attached hydrogens (tertiary/aromatic N) is 5. The quantitative estimate of drug-likeness (QED) is 0.342. The van der Waals surface area contributed by atoms with Crippen LogP contribution in [-0.2, 0) is 13.0 Å². The lowest BCUT2D eigenvalue weighted by atomic mass is 10.1. The molecule has 0 aliphatic carbocycles. The summed E-state index contributed by atoms with van der Waals surface area (Å²) in [5.41, 5.74) is 10.1. The number of carbonyl (C=O) groups excluding carboxylic acids is 1. The molecule has 1 saturated heterocycles. The van der Waals surface area contributed by atoms with E-state index in [0.717, 1.165) is 60.6 Å². The number of aromatic nitrogens is 4. The second kappa shape index (κ2) is 10.5. The van der Waals surface area contributed by atoms with Gasteiger partial charge in [0.1, 0.15) is 11.5 Å². The van der Waals surface area contributed by atoms with Gasteiger partial charge < -0.3 is 9.88 Å². The third kappa shape index (κ3) is 5.33. The van der Waals surface area contributed by atoms with E-state index in [4.69, 9.17) is 0 Å². The normalized spacial score (nSPS) is 14.1. The fraction of sp³-hybridized carbons (Fsp3) is 0.269. The number of pyridine rings is 4. The second-order valence-corrected chi connectivity index (χ2v) is 8.71. The number of H-pyrrole nitrogens is 1. The summed E-state index contributed by atoms with van der Waals surface area (Å²) in [5, 5.41) is 0. The van der Waals surface area contributed by atoms with E-state index >= 15 is 0 Å². The second-order valence-electron chi connectivity index (χ2n) is 8.71. The van der Waals surface area contributed by atoms with Crippen LogP contribution in [0.3, 0.4) is 0 Å². The standard InChI is InChI=1S/C26H28N8O2/c1-2-19-14-22-23(30-25(19)35)13-18(15-28-22)17-33-9-11-34(12-10-33)20-6-7-21(29-16-20)26(36)32-31-24-5-3-4-8-27-24/h3-8,13-16H,2,9-12,17H2,1H3,(H,27,31)(H,30,35)(H,32,36). The Morgan fingerprint density at radius 3 is 2.61 bits per heavy atom. The van der Waals surface area contributed by atoms with Gasteiger partial charge in [-0.3, -0.25) is 30.3 Å². The summed E-state index contributed by atoms with van der Waals surface area (Å²) in [6.45, 7) is 6.22. The summed E-state index contributed by atoms with van der Waals surface area (Å²) in [5.74, 6) is 0.229. The summed E-state index contributed by atoms with van der Waals surface area (Å²) in [7, 11) is 0. The number of hydrazine groups is 1. The zero-order chi connectivity index (χ0) is 24.9. The van der Waals surface area contributed by atoms with Gasteiger partial charge in [-0.1, -0.05) is 13.0 Å². The van der Waals surface area contributed by atoms with Crippen LogP contribution in [0, 0.1) is 0 Å². The van der Waals surface area contributed by atoms with Crippen molar-refractivity contribution in [2.75, 3.05) is 36.5 Å². The minimum Gasteiger partial charge on any atom is -0.368 e. The third-order valence-electron chi connectivity index (χ3n) is 6.30. The van der Waals surface area contributed by atoms with Crippen LogP contribution in [0.5, 0.6) is 0 Å². The largest absolute Gasteiger partial charge is 0.368 e. The molecule has 3 N–H and O–H groups in total. The molecule has 5 heterocycles. The fourth-order valence-corrected chi connectivity index (χ4v) is 4.27. The Bertz CT molecular complexity index is 1400. The highest BCUT2D eigenvalue weighted by Gasteiger charge is 2.18. The van der Waals surface area contributed by atoms with Crippen LogP contribution in [0.2, 0.25) is 0 Å². The summed E-state index contributed by atoms with van der Waals surface area (Å²) in [6.07, 6.45) is 5.96. The van der Waals surface area contributed by atoms with Crippen molar-refractivity contribution in [2.45, 2.75) is 19.9 Å². The molecule has 0 radical (unpaired) electrons. The average molecular weight is 485 g/mol. The Hall–Kier alpha value is -4.31. The van der Waals surface area contributed by atoms with E-state index in [0.29, 0.717) is 17.9 Å². The SMILES string of the molecule is CCc1cc2ncc(CN3CCN(c4ccc(C(=O)NNc5ccccn5)nc4)CC3)cc2[nH]c1=O. The number of fused-ring (bicyclic) bond motifs is 1. The first-order chi connectivity index (χ1) is 17.6. The predicted molar refractivity (Wildman–Crippen MR) is 139 cm³/mol. The molecule has 4 aromatic heterocycles. The van der Waals surface area contributed by atoms with Crippen LogP contribution in [0.1, 0.15) is 28.5 Å². The van der Waals surface area contributed by atoms with Crippen molar-refractivity contribution >= 4 is 28.4 Å². The van der Waals surface area contributed by atoms with Gasteiger partial charge in [-0.2, -0.15) is 0 Å². The van der Waals surface area contributed by atoms with Crippen molar-refractivity contribution in [3.8, 4) is 0 Å². The van der Waals surface area contributed by atoms with Crippen molar-refractivity contribution in [3.05, 3.63) is 88.2 Å². The number of aromatic amines is 1. The molecule has 10 nitrogen and oxygen atoms in total. The highest BCUT2D eigenvalue weighted by Crippen LogP contribution is 2.18. The Labute approximate surface area is 208 Å². The minimum atomic E-state index is -0.326. The predicted octanol–water partition coefficient (Wildman–Crippen LogP) is 2.35. The van der Waals surface area contributed by atoms with Crippen molar-refractivity contribution in [2.24, 2.45) is 0 Å². The summed E-state index contributed by atoms with van der Waals surface area (Å²) in [6, 6.07) is 12.9. The minimum absolute atomic E-state index is 0.0425. The van der Waals surface area contributed by atoms with Crippen LogP contribution in [0.15, 0.2) is 65.8 Å². The molecule has 1 fully saturated rings. The molecule has 184 valence electrons.